The monoisotopic (exact) mass is 418 g/mol. The number of nitrogens with zero attached hydrogens (tertiary/aromatic N) is 1. The highest BCUT2D eigenvalue weighted by Crippen LogP contribution is 2.17. The lowest BCUT2D eigenvalue weighted by Crippen LogP contribution is -2.53. The van der Waals surface area contributed by atoms with Crippen molar-refractivity contribution in [1.82, 2.24) is 15.4 Å². The van der Waals surface area contributed by atoms with Crippen molar-refractivity contribution >= 4 is 40.0 Å². The molecular formula is C12H27IN4O2S. The quantitative estimate of drug-likeness (QED) is 0.354. The van der Waals surface area contributed by atoms with Gasteiger partial charge in [-0.1, -0.05) is 12.8 Å². The van der Waals surface area contributed by atoms with E-state index in [9.17, 15) is 8.42 Å². The van der Waals surface area contributed by atoms with E-state index in [1.54, 1.807) is 7.05 Å². The van der Waals surface area contributed by atoms with Crippen LogP contribution in [0.5, 0.6) is 0 Å². The van der Waals surface area contributed by atoms with Crippen molar-refractivity contribution in [2.75, 3.05) is 19.8 Å². The van der Waals surface area contributed by atoms with Gasteiger partial charge >= 0.3 is 0 Å². The third-order valence-electron chi connectivity index (χ3n) is 3.08. The number of guanidine groups is 1. The molecule has 0 aliphatic heterocycles. The summed E-state index contributed by atoms with van der Waals surface area (Å²) < 4.78 is 25.1. The van der Waals surface area contributed by atoms with Crippen molar-refractivity contribution in [3.63, 3.8) is 0 Å². The van der Waals surface area contributed by atoms with Crippen LogP contribution in [0.1, 0.15) is 39.5 Å². The standard InChI is InChI=1S/C12H26N4O2S.HI/c1-12(2,16-19(4,17)18)9-14-11(13-3)15-10-7-5-6-8-10;/h10,16H,5-9H2,1-4H3,(H2,13,14,15);1H. The maximum Gasteiger partial charge on any atom is 0.209 e. The summed E-state index contributed by atoms with van der Waals surface area (Å²) in [7, 11) is -1.49. The van der Waals surface area contributed by atoms with E-state index in [4.69, 9.17) is 0 Å². The van der Waals surface area contributed by atoms with E-state index in [0.717, 1.165) is 5.96 Å². The fourth-order valence-corrected chi connectivity index (χ4v) is 3.38. The minimum atomic E-state index is -3.21. The van der Waals surface area contributed by atoms with E-state index in [0.29, 0.717) is 12.6 Å². The summed E-state index contributed by atoms with van der Waals surface area (Å²) in [6.45, 7) is 4.15. The fourth-order valence-electron chi connectivity index (χ4n) is 2.30. The van der Waals surface area contributed by atoms with Crippen LogP contribution < -0.4 is 15.4 Å². The predicted octanol–water partition coefficient (Wildman–Crippen LogP) is 1.04. The molecule has 1 aliphatic carbocycles. The molecular weight excluding hydrogens is 391 g/mol. The van der Waals surface area contributed by atoms with Crippen molar-refractivity contribution in [2.24, 2.45) is 4.99 Å². The molecule has 0 aromatic carbocycles. The maximum atomic E-state index is 11.3. The second kappa shape index (κ2) is 8.38. The van der Waals surface area contributed by atoms with Gasteiger partial charge in [0.25, 0.3) is 0 Å². The van der Waals surface area contributed by atoms with E-state index in [-0.39, 0.29) is 24.0 Å². The first kappa shape index (κ1) is 19.9. The molecule has 0 saturated heterocycles. The number of hydrogen-bond donors (Lipinski definition) is 3. The normalized spacial score (nSPS) is 17.7. The number of sulfonamides is 1. The van der Waals surface area contributed by atoms with Crippen LogP contribution in [0.15, 0.2) is 4.99 Å². The molecule has 20 heavy (non-hydrogen) atoms. The van der Waals surface area contributed by atoms with Gasteiger partial charge in [0, 0.05) is 25.2 Å². The van der Waals surface area contributed by atoms with E-state index in [1.165, 1.54) is 31.9 Å². The predicted molar refractivity (Wildman–Crippen MR) is 94.2 cm³/mol. The zero-order valence-corrected chi connectivity index (χ0v) is 15.8. The lowest BCUT2D eigenvalue weighted by Gasteiger charge is -2.27. The minimum Gasteiger partial charge on any atom is -0.355 e. The Morgan fingerprint density at radius 3 is 2.30 bits per heavy atom. The van der Waals surface area contributed by atoms with Crippen molar-refractivity contribution in [3.05, 3.63) is 0 Å². The van der Waals surface area contributed by atoms with E-state index in [1.807, 2.05) is 13.8 Å². The highest BCUT2D eigenvalue weighted by Gasteiger charge is 2.23. The molecule has 0 aromatic heterocycles. The Morgan fingerprint density at radius 1 is 1.30 bits per heavy atom. The lowest BCUT2D eigenvalue weighted by atomic mass is 10.1. The Kier molecular flexibility index (Phi) is 8.34. The van der Waals surface area contributed by atoms with Gasteiger partial charge in [0.1, 0.15) is 0 Å². The van der Waals surface area contributed by atoms with Crippen molar-refractivity contribution in [1.29, 1.82) is 0 Å². The summed E-state index contributed by atoms with van der Waals surface area (Å²) in [6.07, 6.45) is 6.03. The van der Waals surface area contributed by atoms with Gasteiger partial charge in [0.15, 0.2) is 5.96 Å². The molecule has 8 heteroatoms. The third kappa shape index (κ3) is 8.25. The average Bonchev–Trinajstić information content (AvgIpc) is 2.73. The molecule has 0 aromatic rings. The van der Waals surface area contributed by atoms with Gasteiger partial charge in [-0.15, -0.1) is 24.0 Å². The van der Waals surface area contributed by atoms with Crippen LogP contribution in [-0.4, -0.2) is 45.8 Å². The summed E-state index contributed by atoms with van der Waals surface area (Å²) in [5.74, 6) is 0.732. The number of hydrogen-bond acceptors (Lipinski definition) is 3. The van der Waals surface area contributed by atoms with Gasteiger partial charge in [0.2, 0.25) is 10.0 Å². The van der Waals surface area contributed by atoms with Crippen molar-refractivity contribution in [3.8, 4) is 0 Å². The van der Waals surface area contributed by atoms with E-state index < -0.39 is 15.6 Å². The summed E-state index contributed by atoms with van der Waals surface area (Å²) in [6, 6.07) is 0.483. The highest BCUT2D eigenvalue weighted by atomic mass is 127. The molecule has 1 rings (SSSR count). The van der Waals surface area contributed by atoms with Crippen molar-refractivity contribution in [2.45, 2.75) is 51.1 Å². The Hall–Kier alpha value is -0.0900. The van der Waals surface area contributed by atoms with Crippen LogP contribution in [0.3, 0.4) is 0 Å². The van der Waals surface area contributed by atoms with Gasteiger partial charge in [0.05, 0.1) is 6.26 Å². The van der Waals surface area contributed by atoms with E-state index >= 15 is 0 Å². The molecule has 0 spiro atoms. The lowest BCUT2D eigenvalue weighted by molar-refractivity contribution is 0.444. The molecule has 3 N–H and O–H groups in total. The molecule has 1 aliphatic rings. The number of nitrogens with one attached hydrogen (secondary N) is 3. The van der Waals surface area contributed by atoms with Crippen LogP contribution in [0.25, 0.3) is 0 Å². The van der Waals surface area contributed by atoms with Crippen LogP contribution in [0.2, 0.25) is 0 Å². The molecule has 0 radical (unpaired) electrons. The maximum absolute atomic E-state index is 11.3. The number of aliphatic imine (C=N–C) groups is 1. The second-order valence-electron chi connectivity index (χ2n) is 5.81. The average molecular weight is 418 g/mol. The molecule has 1 saturated carbocycles. The van der Waals surface area contributed by atoms with Gasteiger partial charge < -0.3 is 10.6 Å². The van der Waals surface area contributed by atoms with Crippen LogP contribution in [0, 0.1) is 0 Å². The van der Waals surface area contributed by atoms with Crippen LogP contribution >= 0.6 is 24.0 Å². The fraction of sp³-hybridized carbons (Fsp3) is 0.917. The van der Waals surface area contributed by atoms with E-state index in [2.05, 4.69) is 20.3 Å². The SMILES string of the molecule is CN=C(NCC(C)(C)NS(C)(=O)=O)NC1CCCC1.I. The zero-order chi connectivity index (χ0) is 14.5. The molecule has 120 valence electrons. The Bertz CT molecular complexity index is 417. The van der Waals surface area contributed by atoms with Crippen LogP contribution in [-0.2, 0) is 10.0 Å². The van der Waals surface area contributed by atoms with Gasteiger partial charge in [-0.3, -0.25) is 4.99 Å². The van der Waals surface area contributed by atoms with Gasteiger partial charge in [-0.25, -0.2) is 13.1 Å². The first-order valence-corrected chi connectivity index (χ1v) is 8.57. The van der Waals surface area contributed by atoms with Crippen molar-refractivity contribution < 1.29 is 8.42 Å². The molecule has 6 nitrogen and oxygen atoms in total. The minimum absolute atomic E-state index is 0. The molecule has 0 heterocycles. The molecule has 0 unspecified atom stereocenters. The largest absolute Gasteiger partial charge is 0.355 e. The summed E-state index contributed by atoms with van der Waals surface area (Å²) in [5.41, 5.74) is -0.555. The zero-order valence-electron chi connectivity index (χ0n) is 12.7. The summed E-state index contributed by atoms with van der Waals surface area (Å²) in [4.78, 5) is 4.17. The first-order valence-electron chi connectivity index (χ1n) is 6.68. The Morgan fingerprint density at radius 2 is 1.85 bits per heavy atom. The Balaban J connectivity index is 0.00000361. The second-order valence-corrected chi connectivity index (χ2v) is 7.56. The summed E-state index contributed by atoms with van der Waals surface area (Å²) >= 11 is 0. The third-order valence-corrected chi connectivity index (χ3v) is 4.00. The molecule has 0 amide bonds. The van der Waals surface area contributed by atoms with Gasteiger partial charge in [-0.05, 0) is 26.7 Å². The smallest absolute Gasteiger partial charge is 0.209 e. The molecule has 1 fully saturated rings. The first-order chi connectivity index (χ1) is 8.72. The number of rotatable bonds is 5. The molecule has 0 bridgehead atoms. The topological polar surface area (TPSA) is 82.6 Å². The van der Waals surface area contributed by atoms with Crippen LogP contribution in [0.4, 0.5) is 0 Å². The van der Waals surface area contributed by atoms with Gasteiger partial charge in [-0.2, -0.15) is 0 Å². The number of halogens is 1. The Labute approximate surface area is 139 Å². The highest BCUT2D eigenvalue weighted by molar-refractivity contribution is 14.0. The molecule has 0 atom stereocenters. The summed E-state index contributed by atoms with van der Waals surface area (Å²) in [5, 5.41) is 6.53.